The molecule has 6 rings (SSSR count). The van der Waals surface area contributed by atoms with Crippen molar-refractivity contribution in [3.05, 3.63) is 109 Å². The molecular formula is C28H20N4S. The van der Waals surface area contributed by atoms with Crippen molar-refractivity contribution in [1.82, 2.24) is 0 Å². The second-order valence-electron chi connectivity index (χ2n) is 7.79. The van der Waals surface area contributed by atoms with Gasteiger partial charge in [-0.15, -0.1) is 10.2 Å². The van der Waals surface area contributed by atoms with E-state index in [0.29, 0.717) is 11.4 Å². The predicted molar refractivity (Wildman–Crippen MR) is 138 cm³/mol. The minimum atomic E-state index is 0.611. The van der Waals surface area contributed by atoms with E-state index in [2.05, 4.69) is 70.7 Å². The molecule has 2 N–H and O–H groups in total. The van der Waals surface area contributed by atoms with Crippen molar-refractivity contribution < 1.29 is 0 Å². The van der Waals surface area contributed by atoms with Crippen LogP contribution in [0, 0.1) is 0 Å². The summed E-state index contributed by atoms with van der Waals surface area (Å²) in [7, 11) is 0. The number of hydrogen-bond acceptors (Lipinski definition) is 5. The van der Waals surface area contributed by atoms with Gasteiger partial charge in [-0.3, -0.25) is 0 Å². The van der Waals surface area contributed by atoms with E-state index in [9.17, 15) is 0 Å². The van der Waals surface area contributed by atoms with Gasteiger partial charge >= 0.3 is 0 Å². The normalized spacial score (nSPS) is 12.7. The van der Waals surface area contributed by atoms with E-state index in [0.717, 1.165) is 33.5 Å². The molecule has 4 nitrogen and oxygen atoms in total. The van der Waals surface area contributed by atoms with Gasteiger partial charge in [0.1, 0.15) is 11.4 Å². The fourth-order valence-corrected chi connectivity index (χ4v) is 5.25. The van der Waals surface area contributed by atoms with Gasteiger partial charge in [-0.1, -0.05) is 78.5 Å². The molecular weight excluding hydrogens is 424 g/mol. The molecule has 0 spiro atoms. The number of fused-ring (bicyclic) bond motifs is 3. The molecule has 1 heterocycles. The SMILES string of the molecule is Nc1ccc2ccccc2c1N=Nc1ccccc1N1c2ccccc2Sc2ccccc21. The van der Waals surface area contributed by atoms with Crippen LogP contribution in [0.15, 0.2) is 129 Å². The van der Waals surface area contributed by atoms with Crippen LogP contribution < -0.4 is 10.6 Å². The first-order valence-corrected chi connectivity index (χ1v) is 11.6. The molecule has 0 atom stereocenters. The third-order valence-electron chi connectivity index (χ3n) is 5.74. The molecule has 1 aliphatic rings. The van der Waals surface area contributed by atoms with Crippen LogP contribution in [-0.4, -0.2) is 0 Å². The van der Waals surface area contributed by atoms with Crippen molar-refractivity contribution >= 4 is 56.7 Å². The summed E-state index contributed by atoms with van der Waals surface area (Å²) in [5.74, 6) is 0. The highest BCUT2D eigenvalue weighted by Crippen LogP contribution is 2.52. The molecule has 1 aliphatic heterocycles. The lowest BCUT2D eigenvalue weighted by Crippen LogP contribution is -2.14. The van der Waals surface area contributed by atoms with Crippen molar-refractivity contribution in [1.29, 1.82) is 0 Å². The van der Waals surface area contributed by atoms with Gasteiger partial charge < -0.3 is 10.6 Å². The first kappa shape index (κ1) is 19.6. The van der Waals surface area contributed by atoms with Crippen molar-refractivity contribution in [2.75, 3.05) is 10.6 Å². The van der Waals surface area contributed by atoms with Crippen LogP contribution in [0.5, 0.6) is 0 Å². The summed E-state index contributed by atoms with van der Waals surface area (Å²) in [5, 5.41) is 11.4. The van der Waals surface area contributed by atoms with Crippen molar-refractivity contribution in [2.45, 2.75) is 9.79 Å². The Hall–Kier alpha value is -4.09. The smallest absolute Gasteiger partial charge is 0.116 e. The largest absolute Gasteiger partial charge is 0.397 e. The number of nitrogen functional groups attached to an aromatic ring is 1. The van der Waals surface area contributed by atoms with Gasteiger partial charge in [-0.05, 0) is 47.9 Å². The molecule has 158 valence electrons. The molecule has 5 aromatic carbocycles. The number of para-hydroxylation sites is 3. The number of nitrogens with zero attached hydrogens (tertiary/aromatic N) is 3. The number of benzene rings is 5. The molecule has 5 heteroatoms. The molecule has 0 aliphatic carbocycles. The number of nitrogens with two attached hydrogens (primary N) is 1. The number of rotatable bonds is 3. The van der Waals surface area contributed by atoms with Crippen LogP contribution in [0.3, 0.4) is 0 Å². The van der Waals surface area contributed by atoms with E-state index < -0.39 is 0 Å². The van der Waals surface area contributed by atoms with Crippen LogP contribution in [0.2, 0.25) is 0 Å². The average molecular weight is 445 g/mol. The fraction of sp³-hybridized carbons (Fsp3) is 0. The van der Waals surface area contributed by atoms with E-state index in [4.69, 9.17) is 10.8 Å². The standard InChI is InChI=1S/C28H20N4S/c29-21-18-17-19-9-1-2-10-20(19)28(21)31-30-22-11-3-4-12-23(22)32-24-13-5-7-15-26(24)33-27-16-8-6-14-25(27)32/h1-18H,29H2. The molecule has 0 amide bonds. The maximum Gasteiger partial charge on any atom is 0.116 e. The summed E-state index contributed by atoms with van der Waals surface area (Å²) < 4.78 is 0. The van der Waals surface area contributed by atoms with Crippen LogP contribution in [-0.2, 0) is 0 Å². The van der Waals surface area contributed by atoms with E-state index in [1.54, 1.807) is 11.8 Å². The monoisotopic (exact) mass is 444 g/mol. The Morgan fingerprint density at radius 3 is 1.94 bits per heavy atom. The molecule has 0 saturated heterocycles. The van der Waals surface area contributed by atoms with Gasteiger partial charge in [0.05, 0.1) is 22.7 Å². The lowest BCUT2D eigenvalue weighted by Gasteiger charge is -2.33. The zero-order valence-electron chi connectivity index (χ0n) is 17.7. The second-order valence-corrected chi connectivity index (χ2v) is 8.87. The minimum Gasteiger partial charge on any atom is -0.397 e. The molecule has 0 aromatic heterocycles. The van der Waals surface area contributed by atoms with Gasteiger partial charge in [0, 0.05) is 15.2 Å². The number of azo groups is 1. The van der Waals surface area contributed by atoms with Gasteiger partial charge in [-0.25, -0.2) is 0 Å². The Kier molecular flexibility index (Phi) is 4.82. The molecule has 0 saturated carbocycles. The number of hydrogen-bond donors (Lipinski definition) is 1. The molecule has 5 aromatic rings. The van der Waals surface area contributed by atoms with Crippen LogP contribution >= 0.6 is 11.8 Å². The highest BCUT2D eigenvalue weighted by molar-refractivity contribution is 7.99. The Morgan fingerprint density at radius 1 is 0.576 bits per heavy atom. The van der Waals surface area contributed by atoms with Gasteiger partial charge in [0.2, 0.25) is 0 Å². The predicted octanol–water partition coefficient (Wildman–Crippen LogP) is 8.77. The van der Waals surface area contributed by atoms with E-state index >= 15 is 0 Å². The van der Waals surface area contributed by atoms with E-state index in [1.165, 1.54) is 9.79 Å². The molecule has 0 bridgehead atoms. The molecule has 0 fully saturated rings. The maximum atomic E-state index is 6.29. The summed E-state index contributed by atoms with van der Waals surface area (Å²) in [6, 6.07) is 37.0. The lowest BCUT2D eigenvalue weighted by atomic mass is 10.1. The van der Waals surface area contributed by atoms with Crippen LogP contribution in [0.4, 0.5) is 34.1 Å². The van der Waals surface area contributed by atoms with E-state index in [-0.39, 0.29) is 0 Å². The van der Waals surface area contributed by atoms with Crippen molar-refractivity contribution in [2.24, 2.45) is 10.2 Å². The van der Waals surface area contributed by atoms with Gasteiger partial charge in [-0.2, -0.15) is 0 Å². The van der Waals surface area contributed by atoms with Crippen molar-refractivity contribution in [3.63, 3.8) is 0 Å². The lowest BCUT2D eigenvalue weighted by molar-refractivity contribution is 1.15. The summed E-state index contributed by atoms with van der Waals surface area (Å²) in [6.07, 6.45) is 0. The second kappa shape index (κ2) is 8.11. The maximum absolute atomic E-state index is 6.29. The number of anilines is 4. The summed E-state index contributed by atoms with van der Waals surface area (Å²) in [5.41, 5.74) is 11.6. The average Bonchev–Trinajstić information content (AvgIpc) is 2.87. The Labute approximate surface area is 196 Å². The van der Waals surface area contributed by atoms with Crippen LogP contribution in [0.25, 0.3) is 10.8 Å². The van der Waals surface area contributed by atoms with Gasteiger partial charge in [0.15, 0.2) is 0 Å². The van der Waals surface area contributed by atoms with Gasteiger partial charge in [0.25, 0.3) is 0 Å². The molecule has 0 radical (unpaired) electrons. The highest BCUT2D eigenvalue weighted by atomic mass is 32.2. The fourth-order valence-electron chi connectivity index (χ4n) is 4.19. The Bertz CT molecular complexity index is 1480. The zero-order valence-corrected chi connectivity index (χ0v) is 18.5. The Balaban J connectivity index is 1.51. The quantitative estimate of drug-likeness (QED) is 0.219. The molecule has 0 unspecified atom stereocenters. The first-order chi connectivity index (χ1) is 16.3. The minimum absolute atomic E-state index is 0.611. The topological polar surface area (TPSA) is 54.0 Å². The Morgan fingerprint density at radius 2 is 1.18 bits per heavy atom. The third-order valence-corrected chi connectivity index (χ3v) is 6.87. The summed E-state index contributed by atoms with van der Waals surface area (Å²) >= 11 is 1.79. The summed E-state index contributed by atoms with van der Waals surface area (Å²) in [4.78, 5) is 4.68. The first-order valence-electron chi connectivity index (χ1n) is 10.7. The van der Waals surface area contributed by atoms with E-state index in [1.807, 2.05) is 48.5 Å². The molecule has 33 heavy (non-hydrogen) atoms. The van der Waals surface area contributed by atoms with Crippen molar-refractivity contribution in [3.8, 4) is 0 Å². The zero-order chi connectivity index (χ0) is 22.2. The summed E-state index contributed by atoms with van der Waals surface area (Å²) in [6.45, 7) is 0. The highest BCUT2D eigenvalue weighted by Gasteiger charge is 2.25. The van der Waals surface area contributed by atoms with Crippen LogP contribution in [0.1, 0.15) is 0 Å². The third kappa shape index (κ3) is 3.43.